The Morgan fingerprint density at radius 3 is 1.08 bits per heavy atom. The van der Waals surface area contributed by atoms with E-state index in [9.17, 15) is 13.2 Å². The molecule has 0 heterocycles. The molecule has 1 aliphatic carbocycles. The molecule has 3 aromatic rings. The Balaban J connectivity index is 0. The zero-order valence-electron chi connectivity index (χ0n) is 22.8. The normalized spacial score (nSPS) is 15.6. The minimum absolute atomic E-state index is 0. The van der Waals surface area contributed by atoms with Gasteiger partial charge in [0.15, 0.2) is 11.6 Å². The average molecular weight is 517 g/mol. The highest BCUT2D eigenvalue weighted by Crippen LogP contribution is 2.27. The van der Waals surface area contributed by atoms with E-state index in [-0.39, 0.29) is 20.7 Å². The van der Waals surface area contributed by atoms with Crippen molar-refractivity contribution in [2.45, 2.75) is 95.9 Å². The molecule has 0 aromatic heterocycles. The molecule has 0 N–H and O–H groups in total. The number of benzene rings is 3. The van der Waals surface area contributed by atoms with E-state index in [1.54, 1.807) is 25.1 Å². The minimum atomic E-state index is -0.736. The predicted molar refractivity (Wildman–Crippen MR) is 158 cm³/mol. The summed E-state index contributed by atoms with van der Waals surface area (Å²) in [7, 11) is 0. The van der Waals surface area contributed by atoms with E-state index in [2.05, 4.69) is 52.0 Å². The Hall–Kier alpha value is -2.55. The zero-order valence-corrected chi connectivity index (χ0v) is 22.8. The molecule has 0 atom stereocenters. The highest BCUT2D eigenvalue weighted by molar-refractivity contribution is 5.24. The topological polar surface area (TPSA) is 0 Å². The number of halogens is 3. The van der Waals surface area contributed by atoms with Gasteiger partial charge >= 0.3 is 0 Å². The molecule has 3 aromatic carbocycles. The van der Waals surface area contributed by atoms with Gasteiger partial charge in [-0.25, -0.2) is 13.2 Å². The number of rotatable bonds is 0. The van der Waals surface area contributed by atoms with E-state index in [0.717, 1.165) is 17.4 Å². The van der Waals surface area contributed by atoms with Gasteiger partial charge in [-0.2, -0.15) is 0 Å². The lowest BCUT2D eigenvalue weighted by molar-refractivity contribution is 0.308. The van der Waals surface area contributed by atoms with Gasteiger partial charge in [0, 0.05) is 0 Å². The summed E-state index contributed by atoms with van der Waals surface area (Å²) in [4.78, 5) is 0. The minimum Gasteiger partial charge on any atom is -0.207 e. The number of hydrogen-bond donors (Lipinski definition) is 0. The average Bonchev–Trinajstić information content (AvgIpc) is 2.83. The van der Waals surface area contributed by atoms with Crippen LogP contribution in [0.15, 0.2) is 54.6 Å². The number of hydrogen-bond acceptors (Lipinski definition) is 0. The molecule has 1 aliphatic rings. The van der Waals surface area contributed by atoms with Crippen LogP contribution in [-0.2, 0) is 0 Å². The lowest BCUT2D eigenvalue weighted by Crippen LogP contribution is -2.08. The van der Waals surface area contributed by atoms with Crippen LogP contribution in [0, 0.1) is 70.8 Å². The highest BCUT2D eigenvalue weighted by atomic mass is 19.2. The van der Waals surface area contributed by atoms with E-state index in [0.29, 0.717) is 16.7 Å². The first-order valence-electron chi connectivity index (χ1n) is 12.6. The van der Waals surface area contributed by atoms with Gasteiger partial charge in [0.25, 0.3) is 0 Å². The summed E-state index contributed by atoms with van der Waals surface area (Å²) in [5, 5.41) is 0. The molecule has 0 nitrogen and oxygen atoms in total. The Labute approximate surface area is 226 Å². The van der Waals surface area contributed by atoms with Crippen LogP contribution in [-0.4, -0.2) is 0 Å². The molecule has 1 fully saturated rings. The third-order valence-corrected chi connectivity index (χ3v) is 6.32. The fourth-order valence-corrected chi connectivity index (χ4v) is 3.50. The van der Waals surface area contributed by atoms with Crippen LogP contribution >= 0.6 is 0 Å². The SMILES string of the molecule is C.C.CC1CCC(C)CC1.Cc1ccc(C)c(F)c1.Cc1ccc(C)c(F)c1F.Cc1ccc(C)cc1. The summed E-state index contributed by atoms with van der Waals surface area (Å²) >= 11 is 0. The van der Waals surface area contributed by atoms with Crippen LogP contribution in [0.4, 0.5) is 13.2 Å². The monoisotopic (exact) mass is 516 g/mol. The molecule has 1 saturated carbocycles. The molecule has 0 radical (unpaired) electrons. The molecular weight excluding hydrogens is 465 g/mol. The predicted octanol–water partition coefficient (Wildman–Crippen LogP) is 11.4. The summed E-state index contributed by atoms with van der Waals surface area (Å²) < 4.78 is 37.8. The summed E-state index contributed by atoms with van der Waals surface area (Å²) in [6.45, 7) is 15.6. The van der Waals surface area contributed by atoms with Crippen LogP contribution in [0.2, 0.25) is 0 Å². The maximum Gasteiger partial charge on any atom is 0.161 e. The Morgan fingerprint density at radius 1 is 0.486 bits per heavy atom. The lowest BCUT2D eigenvalue weighted by atomic mass is 9.84. The third kappa shape index (κ3) is 14.7. The zero-order chi connectivity index (χ0) is 26.5. The maximum atomic E-state index is 12.6. The quantitative estimate of drug-likeness (QED) is 0.279. The van der Waals surface area contributed by atoms with Gasteiger partial charge < -0.3 is 0 Å². The molecule has 0 aliphatic heterocycles. The lowest BCUT2D eigenvalue weighted by Gasteiger charge is -2.22. The molecule has 0 bridgehead atoms. The van der Waals surface area contributed by atoms with Crippen LogP contribution < -0.4 is 0 Å². The van der Waals surface area contributed by atoms with E-state index < -0.39 is 11.6 Å². The highest BCUT2D eigenvalue weighted by Gasteiger charge is 2.13. The molecule has 4 rings (SSSR count). The van der Waals surface area contributed by atoms with Crippen molar-refractivity contribution in [1.82, 2.24) is 0 Å². The molecule has 0 spiro atoms. The summed E-state index contributed by atoms with van der Waals surface area (Å²) in [5.41, 5.74) is 5.04. The molecule has 37 heavy (non-hydrogen) atoms. The third-order valence-electron chi connectivity index (χ3n) is 6.32. The van der Waals surface area contributed by atoms with Crippen molar-refractivity contribution in [3.63, 3.8) is 0 Å². The smallest absolute Gasteiger partial charge is 0.161 e. The van der Waals surface area contributed by atoms with Gasteiger partial charge in [0.2, 0.25) is 0 Å². The molecule has 208 valence electrons. The molecular formula is C34H51F3. The summed E-state index contributed by atoms with van der Waals surface area (Å²) in [6, 6.07) is 16.8. The van der Waals surface area contributed by atoms with Crippen molar-refractivity contribution in [3.8, 4) is 0 Å². The summed E-state index contributed by atoms with van der Waals surface area (Å²) in [5.74, 6) is 0.451. The first-order valence-corrected chi connectivity index (χ1v) is 12.6. The van der Waals surface area contributed by atoms with Gasteiger partial charge in [-0.3, -0.25) is 0 Å². The molecule has 0 saturated heterocycles. The van der Waals surface area contributed by atoms with Crippen molar-refractivity contribution in [2.24, 2.45) is 11.8 Å². The van der Waals surface area contributed by atoms with E-state index >= 15 is 0 Å². The second-order valence-electron chi connectivity index (χ2n) is 10.1. The van der Waals surface area contributed by atoms with Crippen molar-refractivity contribution < 1.29 is 13.2 Å². The van der Waals surface area contributed by atoms with Gasteiger partial charge in [-0.05, 0) is 81.7 Å². The van der Waals surface area contributed by atoms with Gasteiger partial charge in [0.1, 0.15) is 5.82 Å². The first kappa shape index (κ1) is 36.6. The van der Waals surface area contributed by atoms with Crippen LogP contribution in [0.1, 0.15) is 87.8 Å². The van der Waals surface area contributed by atoms with Crippen LogP contribution in [0.3, 0.4) is 0 Å². The van der Waals surface area contributed by atoms with Gasteiger partial charge in [0.05, 0.1) is 0 Å². The first-order chi connectivity index (χ1) is 16.4. The van der Waals surface area contributed by atoms with Crippen molar-refractivity contribution >= 4 is 0 Å². The Kier molecular flexibility index (Phi) is 18.5. The molecule has 0 unspecified atom stereocenters. The Morgan fingerprint density at radius 2 is 0.784 bits per heavy atom. The van der Waals surface area contributed by atoms with E-state index in [1.165, 1.54) is 56.7 Å². The van der Waals surface area contributed by atoms with Gasteiger partial charge in [-0.1, -0.05) is 114 Å². The second-order valence-corrected chi connectivity index (χ2v) is 10.1. The molecule has 0 amide bonds. The maximum absolute atomic E-state index is 12.6. The number of aryl methyl sites for hydroxylation is 6. The standard InChI is InChI=1S/C8H8F2.C8H9F.C8H16.C8H10.2CH4/c1-5-3-4-6(2)8(10)7(5)9;1-6-3-4-7(2)8(9)5-6;2*1-7-3-5-8(2)6-4-7;;/h3-4H,1-2H3;3-5H,1-2H3;7-8H,3-6H2,1-2H3;3-6H,1-2H3;2*1H4. The summed E-state index contributed by atoms with van der Waals surface area (Å²) in [6.07, 6.45) is 5.89. The largest absolute Gasteiger partial charge is 0.207 e. The fourth-order valence-electron chi connectivity index (χ4n) is 3.50. The van der Waals surface area contributed by atoms with Crippen LogP contribution in [0.5, 0.6) is 0 Å². The second kappa shape index (κ2) is 18.7. The van der Waals surface area contributed by atoms with Crippen molar-refractivity contribution in [1.29, 1.82) is 0 Å². The Bertz CT molecular complexity index is 956. The van der Waals surface area contributed by atoms with E-state index in [4.69, 9.17) is 0 Å². The van der Waals surface area contributed by atoms with Crippen LogP contribution in [0.25, 0.3) is 0 Å². The van der Waals surface area contributed by atoms with Gasteiger partial charge in [-0.15, -0.1) is 0 Å². The van der Waals surface area contributed by atoms with Crippen molar-refractivity contribution in [2.75, 3.05) is 0 Å². The fraction of sp³-hybridized carbons (Fsp3) is 0.471. The van der Waals surface area contributed by atoms with E-state index in [1.807, 2.05) is 13.0 Å². The van der Waals surface area contributed by atoms with Crippen molar-refractivity contribution in [3.05, 3.63) is 105 Å². The molecule has 3 heteroatoms.